The fraction of sp³-hybridized carbons (Fsp3) is 0.733. The average Bonchev–Trinajstić information content (AvgIpc) is 2.90. The maximum Gasteiger partial charge on any atom is 0.241 e. The van der Waals surface area contributed by atoms with E-state index in [1.165, 1.54) is 24.9 Å². The van der Waals surface area contributed by atoms with Gasteiger partial charge in [0.15, 0.2) is 0 Å². The van der Waals surface area contributed by atoms with Gasteiger partial charge in [-0.1, -0.05) is 0 Å². The SMILES string of the molecule is Cc1nn(CC(=O)NCC[C@H]2CCCN2C)c(C)c1C. The first-order valence-electron chi connectivity index (χ1n) is 7.46. The minimum absolute atomic E-state index is 0.0521. The second-order valence-corrected chi connectivity index (χ2v) is 5.87. The Labute approximate surface area is 121 Å². The van der Waals surface area contributed by atoms with Gasteiger partial charge in [-0.3, -0.25) is 9.48 Å². The largest absolute Gasteiger partial charge is 0.354 e. The third-order valence-electron chi connectivity index (χ3n) is 4.51. The van der Waals surface area contributed by atoms with Crippen LogP contribution < -0.4 is 5.32 Å². The molecule has 112 valence electrons. The van der Waals surface area contributed by atoms with Crippen molar-refractivity contribution in [2.75, 3.05) is 20.1 Å². The molecule has 1 amide bonds. The summed E-state index contributed by atoms with van der Waals surface area (Å²) in [6.07, 6.45) is 3.57. The minimum atomic E-state index is 0.0521. The first-order valence-corrected chi connectivity index (χ1v) is 7.46. The van der Waals surface area contributed by atoms with Crippen LogP contribution in [0.2, 0.25) is 0 Å². The second-order valence-electron chi connectivity index (χ2n) is 5.87. The summed E-state index contributed by atoms with van der Waals surface area (Å²) in [6, 6.07) is 0.631. The summed E-state index contributed by atoms with van der Waals surface area (Å²) < 4.78 is 1.79. The number of hydrogen-bond acceptors (Lipinski definition) is 3. The second kappa shape index (κ2) is 6.39. The molecule has 1 aromatic heterocycles. The number of aromatic nitrogens is 2. The van der Waals surface area contributed by atoms with Crippen LogP contribution in [0.1, 0.15) is 36.2 Å². The van der Waals surface area contributed by atoms with Crippen molar-refractivity contribution in [3.05, 3.63) is 17.0 Å². The van der Waals surface area contributed by atoms with E-state index in [1.54, 1.807) is 4.68 Å². The lowest BCUT2D eigenvalue weighted by Gasteiger charge is -2.19. The zero-order chi connectivity index (χ0) is 14.7. The highest BCUT2D eigenvalue weighted by atomic mass is 16.2. The Morgan fingerprint density at radius 1 is 1.40 bits per heavy atom. The molecule has 1 aromatic rings. The standard InChI is InChI=1S/C15H26N4O/c1-11-12(2)17-19(13(11)3)10-15(20)16-8-7-14-6-5-9-18(14)4/h14H,5-10H2,1-4H3,(H,16,20)/t14-/m1/s1. The lowest BCUT2D eigenvalue weighted by atomic mass is 10.1. The molecule has 1 N–H and O–H groups in total. The number of rotatable bonds is 5. The van der Waals surface area contributed by atoms with Crippen molar-refractivity contribution >= 4 is 5.91 Å². The van der Waals surface area contributed by atoms with Crippen LogP contribution in [0.3, 0.4) is 0 Å². The quantitative estimate of drug-likeness (QED) is 0.886. The summed E-state index contributed by atoms with van der Waals surface area (Å²) in [7, 11) is 2.16. The number of hydrogen-bond donors (Lipinski definition) is 1. The molecule has 0 bridgehead atoms. The molecule has 20 heavy (non-hydrogen) atoms. The van der Waals surface area contributed by atoms with E-state index in [2.05, 4.69) is 22.4 Å². The summed E-state index contributed by atoms with van der Waals surface area (Å²) in [4.78, 5) is 14.3. The van der Waals surface area contributed by atoms with Crippen molar-refractivity contribution in [3.63, 3.8) is 0 Å². The Bertz CT molecular complexity index is 480. The zero-order valence-corrected chi connectivity index (χ0v) is 13.1. The van der Waals surface area contributed by atoms with Crippen molar-refractivity contribution in [1.29, 1.82) is 0 Å². The number of aryl methyl sites for hydroxylation is 1. The van der Waals surface area contributed by atoms with Crippen LogP contribution in [-0.4, -0.2) is 46.8 Å². The van der Waals surface area contributed by atoms with E-state index in [0.717, 1.165) is 24.4 Å². The molecule has 1 aliphatic heterocycles. The summed E-state index contributed by atoms with van der Waals surface area (Å²) in [6.45, 7) is 8.29. The molecular weight excluding hydrogens is 252 g/mol. The first kappa shape index (κ1) is 15.0. The topological polar surface area (TPSA) is 50.2 Å². The Balaban J connectivity index is 1.76. The van der Waals surface area contributed by atoms with Crippen molar-refractivity contribution in [2.45, 2.75) is 52.6 Å². The van der Waals surface area contributed by atoms with Gasteiger partial charge in [-0.15, -0.1) is 0 Å². The highest BCUT2D eigenvalue weighted by Crippen LogP contribution is 2.17. The maximum atomic E-state index is 12.0. The van der Waals surface area contributed by atoms with Crippen molar-refractivity contribution in [2.24, 2.45) is 0 Å². The normalized spacial score (nSPS) is 19.5. The Morgan fingerprint density at radius 3 is 2.70 bits per heavy atom. The van der Waals surface area contributed by atoms with Crippen LogP contribution in [0, 0.1) is 20.8 Å². The Morgan fingerprint density at radius 2 is 2.15 bits per heavy atom. The molecule has 0 aromatic carbocycles. The van der Waals surface area contributed by atoms with E-state index >= 15 is 0 Å². The molecular formula is C15H26N4O. The van der Waals surface area contributed by atoms with Crippen LogP contribution in [0.4, 0.5) is 0 Å². The molecule has 1 atom stereocenters. The average molecular weight is 278 g/mol. The lowest BCUT2D eigenvalue weighted by Crippen LogP contribution is -2.33. The van der Waals surface area contributed by atoms with Gasteiger partial charge >= 0.3 is 0 Å². The van der Waals surface area contributed by atoms with Crippen molar-refractivity contribution in [3.8, 4) is 0 Å². The summed E-state index contributed by atoms with van der Waals surface area (Å²) in [5, 5.41) is 7.40. The fourth-order valence-electron chi connectivity index (χ4n) is 2.85. The third kappa shape index (κ3) is 3.39. The number of likely N-dealkylation sites (tertiary alicyclic amines) is 1. The predicted molar refractivity (Wildman–Crippen MR) is 79.7 cm³/mol. The summed E-state index contributed by atoms with van der Waals surface area (Å²) in [5.41, 5.74) is 3.25. The highest BCUT2D eigenvalue weighted by molar-refractivity contribution is 5.75. The number of nitrogens with one attached hydrogen (secondary N) is 1. The van der Waals surface area contributed by atoms with Crippen LogP contribution in [-0.2, 0) is 11.3 Å². The fourth-order valence-corrected chi connectivity index (χ4v) is 2.85. The van der Waals surface area contributed by atoms with E-state index in [-0.39, 0.29) is 5.91 Å². The van der Waals surface area contributed by atoms with Gasteiger partial charge in [-0.05, 0) is 59.2 Å². The molecule has 5 nitrogen and oxygen atoms in total. The zero-order valence-electron chi connectivity index (χ0n) is 13.1. The first-order chi connectivity index (χ1) is 9.49. The number of nitrogens with zero attached hydrogens (tertiary/aromatic N) is 3. The number of carbonyl (C=O) groups is 1. The minimum Gasteiger partial charge on any atom is -0.354 e. The Hall–Kier alpha value is -1.36. The van der Waals surface area contributed by atoms with E-state index in [4.69, 9.17) is 0 Å². The van der Waals surface area contributed by atoms with Crippen molar-refractivity contribution in [1.82, 2.24) is 20.0 Å². The molecule has 1 aliphatic rings. The van der Waals surface area contributed by atoms with Gasteiger partial charge in [0, 0.05) is 18.3 Å². The van der Waals surface area contributed by atoms with Gasteiger partial charge in [0.05, 0.1) is 5.69 Å². The molecule has 1 fully saturated rings. The molecule has 0 saturated carbocycles. The van der Waals surface area contributed by atoms with Gasteiger partial charge in [0.1, 0.15) is 6.54 Å². The molecule has 1 saturated heterocycles. The monoisotopic (exact) mass is 278 g/mol. The van der Waals surface area contributed by atoms with Gasteiger partial charge < -0.3 is 10.2 Å². The molecule has 0 spiro atoms. The summed E-state index contributed by atoms with van der Waals surface area (Å²) >= 11 is 0. The highest BCUT2D eigenvalue weighted by Gasteiger charge is 2.20. The molecule has 2 heterocycles. The molecule has 0 unspecified atom stereocenters. The van der Waals surface area contributed by atoms with Crippen LogP contribution in [0.15, 0.2) is 0 Å². The van der Waals surface area contributed by atoms with Crippen molar-refractivity contribution < 1.29 is 4.79 Å². The Kier molecular flexibility index (Phi) is 4.81. The molecule has 0 aliphatic carbocycles. The molecule has 2 rings (SSSR count). The van der Waals surface area contributed by atoms with E-state index in [0.29, 0.717) is 12.6 Å². The molecule has 5 heteroatoms. The van der Waals surface area contributed by atoms with E-state index in [9.17, 15) is 4.79 Å². The number of carbonyl (C=O) groups excluding carboxylic acids is 1. The lowest BCUT2D eigenvalue weighted by molar-refractivity contribution is -0.121. The van der Waals surface area contributed by atoms with Crippen LogP contribution in [0.5, 0.6) is 0 Å². The van der Waals surface area contributed by atoms with Gasteiger partial charge in [-0.25, -0.2) is 0 Å². The van der Waals surface area contributed by atoms with E-state index in [1.807, 2.05) is 20.8 Å². The maximum absolute atomic E-state index is 12.0. The molecule has 0 radical (unpaired) electrons. The van der Waals surface area contributed by atoms with Gasteiger partial charge in [0.2, 0.25) is 5.91 Å². The van der Waals surface area contributed by atoms with Gasteiger partial charge in [0.25, 0.3) is 0 Å². The summed E-state index contributed by atoms with van der Waals surface area (Å²) in [5.74, 6) is 0.0521. The predicted octanol–water partition coefficient (Wildman–Crippen LogP) is 1.41. The smallest absolute Gasteiger partial charge is 0.241 e. The van der Waals surface area contributed by atoms with Crippen LogP contribution in [0.25, 0.3) is 0 Å². The van der Waals surface area contributed by atoms with Gasteiger partial charge in [-0.2, -0.15) is 5.10 Å². The van der Waals surface area contributed by atoms with E-state index < -0.39 is 0 Å². The number of amides is 1. The van der Waals surface area contributed by atoms with Crippen LogP contribution >= 0.6 is 0 Å². The third-order valence-corrected chi connectivity index (χ3v) is 4.51.